The molecule has 0 fully saturated rings. The molecule has 4 nitrogen and oxygen atoms in total. The number of alkyl halides is 2. The lowest BCUT2D eigenvalue weighted by atomic mass is 10.1. The van der Waals surface area contributed by atoms with Crippen LogP contribution in [-0.4, -0.2) is 10.1 Å². The van der Waals surface area contributed by atoms with Gasteiger partial charge in [-0.25, -0.2) is 8.78 Å². The molecule has 0 radical (unpaired) electrons. The van der Waals surface area contributed by atoms with E-state index in [1.165, 1.54) is 18.2 Å². The molecule has 0 aliphatic rings. The molecule has 6 heteroatoms. The molecule has 0 spiro atoms. The van der Waals surface area contributed by atoms with Crippen LogP contribution in [0.1, 0.15) is 17.9 Å². The van der Waals surface area contributed by atoms with Crippen molar-refractivity contribution in [3.8, 4) is 11.4 Å². The van der Waals surface area contributed by atoms with Crippen molar-refractivity contribution in [2.45, 2.75) is 13.0 Å². The highest BCUT2D eigenvalue weighted by Gasteiger charge is 2.11. The standard InChI is InChI=1S/C10H9F2N3O/c11-9(12)6-2-1-3-7(4-6)10-14-8(5-13)16-15-10/h1-4,9H,5,13H2. The van der Waals surface area contributed by atoms with E-state index in [-0.39, 0.29) is 23.8 Å². The number of nitrogens with two attached hydrogens (primary N) is 1. The Morgan fingerprint density at radius 2 is 2.19 bits per heavy atom. The largest absolute Gasteiger partial charge is 0.338 e. The lowest BCUT2D eigenvalue weighted by Gasteiger charge is -2.00. The molecule has 2 N–H and O–H groups in total. The van der Waals surface area contributed by atoms with Crippen LogP contribution in [0.2, 0.25) is 0 Å². The lowest BCUT2D eigenvalue weighted by Crippen LogP contribution is -1.95. The highest BCUT2D eigenvalue weighted by Crippen LogP contribution is 2.23. The average Bonchev–Trinajstić information content (AvgIpc) is 2.77. The molecular weight excluding hydrogens is 216 g/mol. The molecule has 0 bridgehead atoms. The molecule has 0 atom stereocenters. The number of nitrogens with zero attached hydrogens (tertiary/aromatic N) is 2. The normalized spacial score (nSPS) is 11.0. The van der Waals surface area contributed by atoms with Gasteiger partial charge in [0, 0.05) is 11.1 Å². The van der Waals surface area contributed by atoms with E-state index in [4.69, 9.17) is 10.3 Å². The maximum absolute atomic E-state index is 12.4. The predicted octanol–water partition coefficient (Wildman–Crippen LogP) is 2.13. The topological polar surface area (TPSA) is 64.9 Å². The van der Waals surface area contributed by atoms with E-state index in [1.807, 2.05) is 0 Å². The minimum Gasteiger partial charge on any atom is -0.338 e. The van der Waals surface area contributed by atoms with Crippen LogP contribution in [0.5, 0.6) is 0 Å². The van der Waals surface area contributed by atoms with Crippen LogP contribution in [0.3, 0.4) is 0 Å². The van der Waals surface area contributed by atoms with E-state index in [0.29, 0.717) is 5.56 Å². The van der Waals surface area contributed by atoms with Gasteiger partial charge in [0.15, 0.2) is 0 Å². The summed E-state index contributed by atoms with van der Waals surface area (Å²) in [6, 6.07) is 5.83. The van der Waals surface area contributed by atoms with E-state index in [9.17, 15) is 8.78 Å². The fourth-order valence-electron chi connectivity index (χ4n) is 1.27. The van der Waals surface area contributed by atoms with E-state index in [2.05, 4.69) is 10.1 Å². The lowest BCUT2D eigenvalue weighted by molar-refractivity contribution is 0.151. The Hall–Kier alpha value is -1.82. The first-order valence-electron chi connectivity index (χ1n) is 4.62. The molecule has 1 heterocycles. The highest BCUT2D eigenvalue weighted by molar-refractivity contribution is 5.55. The van der Waals surface area contributed by atoms with Crippen molar-refractivity contribution >= 4 is 0 Å². The van der Waals surface area contributed by atoms with Crippen molar-refractivity contribution in [1.82, 2.24) is 10.1 Å². The Balaban J connectivity index is 2.36. The Morgan fingerprint density at radius 1 is 1.38 bits per heavy atom. The van der Waals surface area contributed by atoms with Gasteiger partial charge >= 0.3 is 0 Å². The van der Waals surface area contributed by atoms with Gasteiger partial charge in [0.1, 0.15) is 0 Å². The molecule has 84 valence electrons. The highest BCUT2D eigenvalue weighted by atomic mass is 19.3. The van der Waals surface area contributed by atoms with Crippen LogP contribution in [0.4, 0.5) is 8.78 Å². The van der Waals surface area contributed by atoms with Crippen molar-refractivity contribution in [3.63, 3.8) is 0 Å². The Labute approximate surface area is 90.1 Å². The first kappa shape index (κ1) is 10.7. The minimum atomic E-state index is -2.51. The van der Waals surface area contributed by atoms with Gasteiger partial charge in [-0.2, -0.15) is 4.98 Å². The van der Waals surface area contributed by atoms with Crippen LogP contribution in [-0.2, 0) is 6.54 Å². The summed E-state index contributed by atoms with van der Waals surface area (Å²) in [6.07, 6.45) is -2.51. The average molecular weight is 225 g/mol. The zero-order valence-electron chi connectivity index (χ0n) is 8.23. The molecule has 2 rings (SSSR count). The SMILES string of the molecule is NCc1nc(-c2cccc(C(F)F)c2)no1. The second-order valence-corrected chi connectivity index (χ2v) is 3.14. The van der Waals surface area contributed by atoms with Gasteiger partial charge in [0.25, 0.3) is 6.43 Å². The summed E-state index contributed by atoms with van der Waals surface area (Å²) in [5.74, 6) is 0.542. The predicted molar refractivity (Wildman–Crippen MR) is 52.6 cm³/mol. The Kier molecular flexibility index (Phi) is 2.91. The summed E-state index contributed by atoms with van der Waals surface area (Å²) in [7, 11) is 0. The van der Waals surface area contributed by atoms with Crippen molar-refractivity contribution in [2.75, 3.05) is 0 Å². The fraction of sp³-hybridized carbons (Fsp3) is 0.200. The molecule has 0 saturated heterocycles. The van der Waals surface area contributed by atoms with Gasteiger partial charge in [-0.3, -0.25) is 0 Å². The second kappa shape index (κ2) is 4.36. The quantitative estimate of drug-likeness (QED) is 0.869. The van der Waals surface area contributed by atoms with E-state index in [0.717, 1.165) is 0 Å². The maximum Gasteiger partial charge on any atom is 0.263 e. The molecule has 0 amide bonds. The molecule has 1 aromatic heterocycles. The summed E-state index contributed by atoms with van der Waals surface area (Å²) in [4.78, 5) is 3.95. The number of rotatable bonds is 3. The monoisotopic (exact) mass is 225 g/mol. The summed E-state index contributed by atoms with van der Waals surface area (Å²) in [6.45, 7) is 0.127. The van der Waals surface area contributed by atoms with Crippen LogP contribution in [0.25, 0.3) is 11.4 Å². The zero-order chi connectivity index (χ0) is 11.5. The number of aromatic nitrogens is 2. The van der Waals surface area contributed by atoms with Gasteiger partial charge in [-0.15, -0.1) is 0 Å². The third-order valence-electron chi connectivity index (χ3n) is 2.04. The summed E-state index contributed by atoms with van der Waals surface area (Å²) >= 11 is 0. The molecule has 2 aromatic rings. The van der Waals surface area contributed by atoms with Gasteiger partial charge in [-0.05, 0) is 6.07 Å². The van der Waals surface area contributed by atoms with Crippen molar-refractivity contribution in [1.29, 1.82) is 0 Å². The molecule has 0 aliphatic heterocycles. The van der Waals surface area contributed by atoms with Gasteiger partial charge < -0.3 is 10.3 Å². The van der Waals surface area contributed by atoms with Gasteiger partial charge in [0.2, 0.25) is 11.7 Å². The Bertz CT molecular complexity index is 484. The maximum atomic E-state index is 12.4. The molecular formula is C10H9F2N3O. The summed E-state index contributed by atoms with van der Waals surface area (Å²) in [5, 5.41) is 3.65. The van der Waals surface area contributed by atoms with E-state index >= 15 is 0 Å². The Morgan fingerprint density at radius 3 is 2.81 bits per heavy atom. The molecule has 0 saturated carbocycles. The van der Waals surface area contributed by atoms with Crippen molar-refractivity contribution in [2.24, 2.45) is 5.73 Å². The summed E-state index contributed by atoms with van der Waals surface area (Å²) < 4.78 is 29.7. The van der Waals surface area contributed by atoms with Crippen LogP contribution in [0.15, 0.2) is 28.8 Å². The second-order valence-electron chi connectivity index (χ2n) is 3.14. The number of hydrogen-bond acceptors (Lipinski definition) is 4. The first-order valence-corrected chi connectivity index (χ1v) is 4.62. The molecule has 0 aliphatic carbocycles. The van der Waals surface area contributed by atoms with E-state index in [1.54, 1.807) is 6.07 Å². The molecule has 16 heavy (non-hydrogen) atoms. The van der Waals surface area contributed by atoms with Crippen molar-refractivity contribution < 1.29 is 13.3 Å². The van der Waals surface area contributed by atoms with Gasteiger partial charge in [0.05, 0.1) is 6.54 Å². The number of hydrogen-bond donors (Lipinski definition) is 1. The molecule has 1 aromatic carbocycles. The van der Waals surface area contributed by atoms with Crippen LogP contribution in [0, 0.1) is 0 Å². The summed E-state index contributed by atoms with van der Waals surface area (Å²) in [5.41, 5.74) is 5.72. The minimum absolute atomic E-state index is 0.0726. The number of halogens is 2. The number of benzene rings is 1. The van der Waals surface area contributed by atoms with Crippen molar-refractivity contribution in [3.05, 3.63) is 35.7 Å². The fourth-order valence-corrected chi connectivity index (χ4v) is 1.27. The van der Waals surface area contributed by atoms with Gasteiger partial charge in [-0.1, -0.05) is 23.4 Å². The first-order chi connectivity index (χ1) is 7.70. The molecule has 0 unspecified atom stereocenters. The van der Waals surface area contributed by atoms with Crippen LogP contribution < -0.4 is 5.73 Å². The third-order valence-corrected chi connectivity index (χ3v) is 2.04. The van der Waals surface area contributed by atoms with E-state index < -0.39 is 6.43 Å². The zero-order valence-corrected chi connectivity index (χ0v) is 8.23. The van der Waals surface area contributed by atoms with Crippen LogP contribution >= 0.6 is 0 Å². The third kappa shape index (κ3) is 2.06. The smallest absolute Gasteiger partial charge is 0.263 e.